The largest absolute Gasteiger partial charge is 0.616 e. The van der Waals surface area contributed by atoms with Crippen LogP contribution < -0.4 is 4.73 Å². The Bertz CT molecular complexity index is 167. The van der Waals surface area contributed by atoms with Crippen LogP contribution in [0.2, 0.25) is 0 Å². The number of nitrogens with zero attached hydrogens (tertiary/aromatic N) is 1. The fourth-order valence-electron chi connectivity index (χ4n) is 0.378. The lowest BCUT2D eigenvalue weighted by Crippen LogP contribution is -2.24. The highest BCUT2D eigenvalue weighted by Crippen LogP contribution is 1.92. The minimum absolute atomic E-state index is 0.333. The van der Waals surface area contributed by atoms with Crippen LogP contribution >= 0.6 is 0 Å². The molecule has 0 unspecified atom stereocenters. The van der Waals surface area contributed by atoms with Crippen molar-refractivity contribution >= 4 is 0 Å². The van der Waals surface area contributed by atoms with Crippen molar-refractivity contribution in [3.05, 3.63) is 29.6 Å². The molecule has 3 nitrogen and oxygen atoms in total. The molecule has 0 atom stereocenters. The fourth-order valence-corrected chi connectivity index (χ4v) is 0.378. The van der Waals surface area contributed by atoms with E-state index in [-0.39, 0.29) is 0 Å². The van der Waals surface area contributed by atoms with Gasteiger partial charge < -0.3 is 10.3 Å². The zero-order valence-corrected chi connectivity index (χ0v) is 4.03. The van der Waals surface area contributed by atoms with Crippen LogP contribution in [0.1, 0.15) is 0 Å². The SMILES string of the molecule is [O-][n+]1ccc[c]c1O. The fraction of sp³-hybridized carbons (Fsp3) is 0. The monoisotopic (exact) mass is 110 g/mol. The van der Waals surface area contributed by atoms with Crippen LogP contribution in [0.4, 0.5) is 0 Å². The second kappa shape index (κ2) is 1.69. The summed E-state index contributed by atoms with van der Waals surface area (Å²) in [6, 6.07) is 5.26. The number of rotatable bonds is 0. The van der Waals surface area contributed by atoms with Gasteiger partial charge in [0, 0.05) is 6.07 Å². The van der Waals surface area contributed by atoms with E-state index < -0.39 is 5.88 Å². The molecule has 41 valence electrons. The number of pyridine rings is 1. The number of aromatic hydroxyl groups is 1. The molecule has 0 saturated carbocycles. The number of hydrogen-bond acceptors (Lipinski definition) is 2. The Labute approximate surface area is 46.4 Å². The second-order valence-electron chi connectivity index (χ2n) is 1.30. The molecule has 1 heterocycles. The van der Waals surface area contributed by atoms with Gasteiger partial charge in [-0.25, -0.2) is 0 Å². The summed E-state index contributed by atoms with van der Waals surface area (Å²) in [4.78, 5) is 0. The van der Waals surface area contributed by atoms with Crippen LogP contribution in [0.25, 0.3) is 0 Å². The van der Waals surface area contributed by atoms with E-state index in [1.807, 2.05) is 0 Å². The zero-order chi connectivity index (χ0) is 5.98. The molecule has 0 aliphatic rings. The Hall–Kier alpha value is -1.25. The van der Waals surface area contributed by atoms with E-state index in [0.717, 1.165) is 0 Å². The molecule has 0 aromatic carbocycles. The van der Waals surface area contributed by atoms with Crippen molar-refractivity contribution in [1.82, 2.24) is 0 Å². The smallest absolute Gasteiger partial charge is 0.385 e. The Kier molecular flexibility index (Phi) is 1.04. The van der Waals surface area contributed by atoms with Gasteiger partial charge in [0.25, 0.3) is 0 Å². The average Bonchev–Trinajstić information content (AvgIpc) is 1.77. The van der Waals surface area contributed by atoms with E-state index in [1.165, 1.54) is 18.3 Å². The van der Waals surface area contributed by atoms with Crippen molar-refractivity contribution in [2.45, 2.75) is 0 Å². The van der Waals surface area contributed by atoms with E-state index in [1.54, 1.807) is 0 Å². The van der Waals surface area contributed by atoms with Crippen molar-refractivity contribution < 1.29 is 9.84 Å². The molecule has 0 saturated heterocycles. The summed E-state index contributed by atoms with van der Waals surface area (Å²) in [5.41, 5.74) is 0. The molecule has 8 heavy (non-hydrogen) atoms. The van der Waals surface area contributed by atoms with Crippen molar-refractivity contribution in [3.63, 3.8) is 0 Å². The highest BCUT2D eigenvalue weighted by Gasteiger charge is 1.94. The average molecular weight is 110 g/mol. The van der Waals surface area contributed by atoms with Crippen LogP contribution in [0.15, 0.2) is 18.3 Å². The molecule has 1 aromatic rings. The Balaban J connectivity index is 3.13. The summed E-state index contributed by atoms with van der Waals surface area (Å²) in [6.07, 6.45) is 1.20. The van der Waals surface area contributed by atoms with Crippen LogP contribution in [-0.4, -0.2) is 5.11 Å². The lowest BCUT2D eigenvalue weighted by atomic mass is 10.5. The number of hydrogen-bond donors (Lipinski definition) is 1. The first-order valence-corrected chi connectivity index (χ1v) is 2.09. The molecule has 3 heteroatoms. The van der Waals surface area contributed by atoms with Crippen molar-refractivity contribution in [2.24, 2.45) is 0 Å². The minimum Gasteiger partial charge on any atom is -0.616 e. The van der Waals surface area contributed by atoms with E-state index in [4.69, 9.17) is 5.11 Å². The van der Waals surface area contributed by atoms with Crippen molar-refractivity contribution in [3.8, 4) is 5.88 Å². The molecule has 1 rings (SSSR count). The molecule has 0 amide bonds. The molecule has 1 radical (unpaired) electrons. The van der Waals surface area contributed by atoms with Gasteiger partial charge in [-0.3, -0.25) is 0 Å². The standard InChI is InChI=1S/C5H4NO2/c7-5-3-1-2-4-6(5)8/h1-2,4,7H. The van der Waals surface area contributed by atoms with Crippen LogP contribution in [0.3, 0.4) is 0 Å². The molecule has 0 fully saturated rings. The highest BCUT2D eigenvalue weighted by atomic mass is 16.5. The first-order chi connectivity index (χ1) is 3.80. The van der Waals surface area contributed by atoms with Crippen molar-refractivity contribution in [2.75, 3.05) is 0 Å². The summed E-state index contributed by atoms with van der Waals surface area (Å²) >= 11 is 0. The summed E-state index contributed by atoms with van der Waals surface area (Å²) in [5.74, 6) is -0.396. The summed E-state index contributed by atoms with van der Waals surface area (Å²) in [6.45, 7) is 0. The summed E-state index contributed by atoms with van der Waals surface area (Å²) in [5, 5.41) is 18.8. The topological polar surface area (TPSA) is 47.2 Å². The maximum Gasteiger partial charge on any atom is 0.385 e. The molecule has 1 N–H and O–H groups in total. The van der Waals surface area contributed by atoms with Gasteiger partial charge in [0.1, 0.15) is 6.07 Å². The zero-order valence-electron chi connectivity index (χ0n) is 4.03. The van der Waals surface area contributed by atoms with Gasteiger partial charge in [0.2, 0.25) is 0 Å². The Morgan fingerprint density at radius 1 is 1.75 bits per heavy atom. The third kappa shape index (κ3) is 0.703. The van der Waals surface area contributed by atoms with E-state index in [9.17, 15) is 5.21 Å². The van der Waals surface area contributed by atoms with Gasteiger partial charge in [0.05, 0.1) is 0 Å². The maximum atomic E-state index is 10.3. The van der Waals surface area contributed by atoms with Crippen LogP contribution in [0.5, 0.6) is 5.88 Å². The maximum absolute atomic E-state index is 10.3. The van der Waals surface area contributed by atoms with E-state index in [2.05, 4.69) is 6.07 Å². The first-order valence-electron chi connectivity index (χ1n) is 2.09. The second-order valence-corrected chi connectivity index (χ2v) is 1.30. The van der Waals surface area contributed by atoms with Crippen LogP contribution in [0, 0.1) is 11.3 Å². The van der Waals surface area contributed by atoms with E-state index in [0.29, 0.717) is 4.73 Å². The predicted molar refractivity (Wildman–Crippen MR) is 25.9 cm³/mol. The molecule has 1 aromatic heterocycles. The molecule has 0 spiro atoms. The summed E-state index contributed by atoms with van der Waals surface area (Å²) in [7, 11) is 0. The lowest BCUT2D eigenvalue weighted by Gasteiger charge is -1.92. The van der Waals surface area contributed by atoms with Gasteiger partial charge >= 0.3 is 5.88 Å². The normalized spacial score (nSPS) is 9.00. The number of aromatic nitrogens is 1. The first kappa shape index (κ1) is 4.90. The predicted octanol–water partition coefficient (Wildman–Crippen LogP) is -0.174. The van der Waals surface area contributed by atoms with Gasteiger partial charge in [-0.2, -0.15) is 0 Å². The molecule has 0 bridgehead atoms. The third-order valence-electron chi connectivity index (χ3n) is 0.739. The Morgan fingerprint density at radius 3 is 2.88 bits per heavy atom. The van der Waals surface area contributed by atoms with Gasteiger partial charge in [0.15, 0.2) is 6.20 Å². The molecule has 0 aliphatic carbocycles. The summed E-state index contributed by atoms with van der Waals surface area (Å²) < 4.78 is 0.333. The van der Waals surface area contributed by atoms with E-state index >= 15 is 0 Å². The van der Waals surface area contributed by atoms with Crippen molar-refractivity contribution in [1.29, 1.82) is 0 Å². The minimum atomic E-state index is -0.396. The quantitative estimate of drug-likeness (QED) is 0.372. The third-order valence-corrected chi connectivity index (χ3v) is 0.739. The van der Waals surface area contributed by atoms with Gasteiger partial charge in [-0.05, 0) is 6.07 Å². The molecular weight excluding hydrogens is 106 g/mol. The molecule has 0 aliphatic heterocycles. The van der Waals surface area contributed by atoms with Gasteiger partial charge in [-0.1, -0.05) is 0 Å². The van der Waals surface area contributed by atoms with Crippen LogP contribution in [-0.2, 0) is 0 Å². The lowest BCUT2D eigenvalue weighted by molar-refractivity contribution is -0.613. The molecular formula is C5H4NO2. The highest BCUT2D eigenvalue weighted by molar-refractivity contribution is 4.97. The Morgan fingerprint density at radius 2 is 2.50 bits per heavy atom. The van der Waals surface area contributed by atoms with Gasteiger partial charge in [-0.15, -0.1) is 4.73 Å².